The summed E-state index contributed by atoms with van der Waals surface area (Å²) in [6.45, 7) is 7.48. The number of anilines is 1. The zero-order valence-electron chi connectivity index (χ0n) is 15.5. The van der Waals surface area contributed by atoms with E-state index in [9.17, 15) is 9.59 Å². The van der Waals surface area contributed by atoms with Crippen LogP contribution in [0.2, 0.25) is 10.0 Å². The molecule has 0 aliphatic heterocycles. The molecule has 0 saturated heterocycles. The van der Waals surface area contributed by atoms with Crippen LogP contribution >= 0.6 is 34.5 Å². The molecule has 0 fully saturated rings. The van der Waals surface area contributed by atoms with Crippen molar-refractivity contribution in [1.29, 1.82) is 0 Å². The van der Waals surface area contributed by atoms with Gasteiger partial charge in [-0.2, -0.15) is 0 Å². The summed E-state index contributed by atoms with van der Waals surface area (Å²) in [6, 6.07) is 4.77. The molecule has 0 saturated carbocycles. The van der Waals surface area contributed by atoms with Crippen LogP contribution in [0, 0.1) is 6.92 Å². The van der Waals surface area contributed by atoms with Crippen LogP contribution in [0.1, 0.15) is 41.6 Å². The van der Waals surface area contributed by atoms with Crippen molar-refractivity contribution in [2.24, 2.45) is 0 Å². The number of esters is 1. The van der Waals surface area contributed by atoms with Gasteiger partial charge in [-0.05, 0) is 51.0 Å². The highest BCUT2D eigenvalue weighted by Gasteiger charge is 2.25. The van der Waals surface area contributed by atoms with Crippen molar-refractivity contribution in [3.8, 4) is 5.75 Å². The molecule has 2 aromatic rings. The van der Waals surface area contributed by atoms with Crippen LogP contribution < -0.4 is 10.1 Å². The number of hydrogen-bond donors (Lipinski definition) is 1. The molecule has 0 aliphatic rings. The number of amides is 1. The molecule has 1 N–H and O–H groups in total. The van der Waals surface area contributed by atoms with E-state index in [1.54, 1.807) is 26.0 Å². The van der Waals surface area contributed by atoms with Crippen molar-refractivity contribution < 1.29 is 19.1 Å². The van der Waals surface area contributed by atoms with Crippen LogP contribution in [-0.2, 0) is 16.0 Å². The second-order valence-corrected chi connectivity index (χ2v) is 7.81. The number of benzene rings is 1. The summed E-state index contributed by atoms with van der Waals surface area (Å²) in [5, 5.41) is 4.04. The van der Waals surface area contributed by atoms with Crippen LogP contribution in [-0.4, -0.2) is 24.6 Å². The quantitative estimate of drug-likeness (QED) is 0.589. The molecule has 1 amide bonds. The Balaban J connectivity index is 2.20. The number of aryl methyl sites for hydroxylation is 1. The first-order valence-electron chi connectivity index (χ1n) is 8.50. The molecule has 27 heavy (non-hydrogen) atoms. The summed E-state index contributed by atoms with van der Waals surface area (Å²) in [6.07, 6.45) is -0.162. The topological polar surface area (TPSA) is 64.6 Å². The lowest BCUT2D eigenvalue weighted by Gasteiger charge is -2.16. The van der Waals surface area contributed by atoms with Gasteiger partial charge in [0.2, 0.25) is 0 Å². The Kier molecular flexibility index (Phi) is 7.53. The van der Waals surface area contributed by atoms with E-state index in [1.165, 1.54) is 17.4 Å². The zero-order valence-corrected chi connectivity index (χ0v) is 17.8. The molecular formula is C19H21Cl2NO4S. The fraction of sp³-hybridized carbons (Fsp3) is 0.368. The van der Waals surface area contributed by atoms with Gasteiger partial charge in [-0.1, -0.05) is 30.1 Å². The number of carbonyl (C=O) groups is 2. The highest BCUT2D eigenvalue weighted by atomic mass is 35.5. The van der Waals surface area contributed by atoms with E-state index >= 15 is 0 Å². The maximum atomic E-state index is 12.6. The fourth-order valence-corrected chi connectivity index (χ4v) is 4.13. The summed E-state index contributed by atoms with van der Waals surface area (Å²) in [5.74, 6) is -0.482. The monoisotopic (exact) mass is 429 g/mol. The smallest absolute Gasteiger partial charge is 0.341 e. The molecule has 146 valence electrons. The van der Waals surface area contributed by atoms with Crippen LogP contribution in [0.15, 0.2) is 18.2 Å². The lowest BCUT2D eigenvalue weighted by Crippen LogP contribution is -2.30. The molecule has 0 bridgehead atoms. The Morgan fingerprint density at radius 2 is 1.96 bits per heavy atom. The first kappa shape index (κ1) is 21.5. The molecule has 1 unspecified atom stereocenters. The van der Waals surface area contributed by atoms with Gasteiger partial charge >= 0.3 is 5.97 Å². The second kappa shape index (κ2) is 9.44. The maximum absolute atomic E-state index is 12.6. The Morgan fingerprint density at radius 1 is 1.26 bits per heavy atom. The van der Waals surface area contributed by atoms with Crippen LogP contribution in [0.3, 0.4) is 0 Å². The molecule has 8 heteroatoms. The van der Waals surface area contributed by atoms with Gasteiger partial charge in [0.25, 0.3) is 5.91 Å². The van der Waals surface area contributed by atoms with Crippen molar-refractivity contribution in [1.82, 2.24) is 0 Å². The minimum Gasteiger partial charge on any atom is -0.479 e. The highest BCUT2D eigenvalue weighted by molar-refractivity contribution is 7.16. The summed E-state index contributed by atoms with van der Waals surface area (Å²) in [4.78, 5) is 25.9. The largest absolute Gasteiger partial charge is 0.479 e. The van der Waals surface area contributed by atoms with Gasteiger partial charge in [0.05, 0.1) is 17.2 Å². The minimum atomic E-state index is -0.828. The van der Waals surface area contributed by atoms with Gasteiger partial charge in [0, 0.05) is 9.90 Å². The molecule has 0 radical (unpaired) electrons. The first-order valence-corrected chi connectivity index (χ1v) is 10.1. The van der Waals surface area contributed by atoms with E-state index in [2.05, 4.69) is 5.32 Å². The number of hydrogen-bond acceptors (Lipinski definition) is 5. The molecule has 0 spiro atoms. The third-order valence-corrected chi connectivity index (χ3v) is 5.44. The van der Waals surface area contributed by atoms with E-state index in [4.69, 9.17) is 32.7 Å². The van der Waals surface area contributed by atoms with Crippen molar-refractivity contribution in [2.45, 2.75) is 40.2 Å². The zero-order chi connectivity index (χ0) is 20.1. The Labute approximate surface area is 172 Å². The minimum absolute atomic E-state index is 0.263. The van der Waals surface area contributed by atoms with Crippen molar-refractivity contribution in [2.75, 3.05) is 11.9 Å². The number of halogens is 2. The number of thiophene rings is 1. The molecule has 1 atom stereocenters. The predicted octanol–water partition coefficient (Wildman–Crippen LogP) is 5.51. The maximum Gasteiger partial charge on any atom is 0.341 e. The fourth-order valence-electron chi connectivity index (χ4n) is 2.54. The molecular weight excluding hydrogens is 409 g/mol. The normalized spacial score (nSPS) is 11.8. The lowest BCUT2D eigenvalue weighted by atomic mass is 10.1. The Hall–Kier alpha value is -1.76. The van der Waals surface area contributed by atoms with E-state index in [-0.39, 0.29) is 6.61 Å². The van der Waals surface area contributed by atoms with Crippen LogP contribution in [0.25, 0.3) is 0 Å². The summed E-state index contributed by atoms with van der Waals surface area (Å²) < 4.78 is 10.8. The van der Waals surface area contributed by atoms with Crippen molar-refractivity contribution in [3.05, 3.63) is 44.2 Å². The standard InChI is InChI=1S/C19H21Cl2NO4S/c1-5-13-11(4)27-18(16(13)19(24)25-6-2)22-17(23)10(3)26-15-8-7-12(20)9-14(15)21/h7-10H,5-6H2,1-4H3,(H,22,23). The summed E-state index contributed by atoms with van der Waals surface area (Å²) in [7, 11) is 0. The SMILES string of the molecule is CCOC(=O)c1c(NC(=O)C(C)Oc2ccc(Cl)cc2Cl)sc(C)c1CC. The van der Waals surface area contributed by atoms with Gasteiger partial charge in [0.1, 0.15) is 10.8 Å². The van der Waals surface area contributed by atoms with Gasteiger partial charge < -0.3 is 14.8 Å². The van der Waals surface area contributed by atoms with E-state index < -0.39 is 18.0 Å². The van der Waals surface area contributed by atoms with Crippen molar-refractivity contribution in [3.63, 3.8) is 0 Å². The molecule has 1 aromatic carbocycles. The first-order chi connectivity index (χ1) is 12.8. The van der Waals surface area contributed by atoms with E-state index in [0.717, 1.165) is 10.4 Å². The third-order valence-electron chi connectivity index (χ3n) is 3.85. The van der Waals surface area contributed by atoms with Gasteiger partial charge in [-0.25, -0.2) is 4.79 Å². The molecule has 0 aliphatic carbocycles. The Bertz CT molecular complexity index is 850. The summed E-state index contributed by atoms with van der Waals surface area (Å²) in [5.41, 5.74) is 1.29. The molecule has 1 aromatic heterocycles. The highest BCUT2D eigenvalue weighted by Crippen LogP contribution is 2.34. The lowest BCUT2D eigenvalue weighted by molar-refractivity contribution is -0.122. The third kappa shape index (κ3) is 5.15. The average Bonchev–Trinajstić information content (AvgIpc) is 2.92. The number of nitrogens with one attached hydrogen (secondary N) is 1. The average molecular weight is 430 g/mol. The summed E-state index contributed by atoms with van der Waals surface area (Å²) >= 11 is 13.3. The number of ether oxygens (including phenoxy) is 2. The Morgan fingerprint density at radius 3 is 2.56 bits per heavy atom. The molecule has 1 heterocycles. The number of carbonyl (C=O) groups excluding carboxylic acids is 2. The molecule has 5 nitrogen and oxygen atoms in total. The van der Waals surface area contributed by atoms with Gasteiger partial charge in [-0.3, -0.25) is 4.79 Å². The number of rotatable bonds is 7. The molecule has 2 rings (SSSR count). The van der Waals surface area contributed by atoms with Gasteiger partial charge in [0.15, 0.2) is 6.10 Å². The second-order valence-electron chi connectivity index (χ2n) is 5.74. The van der Waals surface area contributed by atoms with Crippen molar-refractivity contribution >= 4 is 51.4 Å². The predicted molar refractivity (Wildman–Crippen MR) is 110 cm³/mol. The van der Waals surface area contributed by atoms with Gasteiger partial charge in [-0.15, -0.1) is 11.3 Å². The van der Waals surface area contributed by atoms with E-state index in [1.807, 2.05) is 13.8 Å². The van der Waals surface area contributed by atoms with Crippen LogP contribution in [0.4, 0.5) is 5.00 Å². The van der Waals surface area contributed by atoms with Crippen LogP contribution in [0.5, 0.6) is 5.75 Å². The van der Waals surface area contributed by atoms with E-state index in [0.29, 0.717) is 32.8 Å².